The van der Waals surface area contributed by atoms with E-state index in [9.17, 15) is 36.2 Å². The predicted molar refractivity (Wildman–Crippen MR) is 104 cm³/mol. The lowest BCUT2D eigenvalue weighted by atomic mass is 9.90. The fourth-order valence-electron chi connectivity index (χ4n) is 3.89. The van der Waals surface area contributed by atoms with E-state index in [2.05, 4.69) is 0 Å². The lowest BCUT2D eigenvalue weighted by Gasteiger charge is -2.26. The van der Waals surface area contributed by atoms with Crippen molar-refractivity contribution in [3.05, 3.63) is 41.8 Å². The summed E-state index contributed by atoms with van der Waals surface area (Å²) < 4.78 is 88.9. The fraction of sp³-hybridized carbons (Fsp3) is 0.421. The standard InChI is InChI=1S/C19H17F6NO2S2/c1-6-10(5-26)29-8(3)11(6)13-14(18(22,23)19(24,25)17(13,20)21)12-7(2)15(16(27)28)30-9(12)4/h5,26H2,1-4H3,(H,27,28). The van der Waals surface area contributed by atoms with Crippen LogP contribution in [0.2, 0.25) is 0 Å². The van der Waals surface area contributed by atoms with Crippen molar-refractivity contribution in [3.63, 3.8) is 0 Å². The molecule has 0 saturated heterocycles. The number of carboxylic acids is 1. The third kappa shape index (κ3) is 2.71. The predicted octanol–water partition coefficient (Wildman–Crippen LogP) is 6.03. The average molecular weight is 469 g/mol. The molecule has 1 aliphatic carbocycles. The number of aromatic carboxylic acids is 1. The molecule has 2 aromatic heterocycles. The van der Waals surface area contributed by atoms with Gasteiger partial charge in [0.15, 0.2) is 0 Å². The van der Waals surface area contributed by atoms with Crippen molar-refractivity contribution in [2.24, 2.45) is 5.73 Å². The lowest BCUT2D eigenvalue weighted by molar-refractivity contribution is -0.254. The van der Waals surface area contributed by atoms with Gasteiger partial charge in [0.25, 0.3) is 0 Å². The number of hydrogen-bond acceptors (Lipinski definition) is 4. The van der Waals surface area contributed by atoms with Crippen molar-refractivity contribution >= 4 is 39.8 Å². The number of carboxylic acid groups (broad SMARTS) is 1. The van der Waals surface area contributed by atoms with Crippen LogP contribution in [0.25, 0.3) is 11.1 Å². The fourth-order valence-corrected chi connectivity index (χ4v) is 5.96. The first-order valence-corrected chi connectivity index (χ1v) is 10.3. The molecule has 0 aliphatic heterocycles. The van der Waals surface area contributed by atoms with Gasteiger partial charge < -0.3 is 10.8 Å². The number of aryl methyl sites for hydroxylation is 2. The molecule has 0 atom stereocenters. The number of halogens is 6. The molecule has 1 aliphatic rings. The van der Waals surface area contributed by atoms with E-state index in [0.29, 0.717) is 16.2 Å². The molecule has 3 nitrogen and oxygen atoms in total. The van der Waals surface area contributed by atoms with Crippen LogP contribution in [0, 0.1) is 27.7 Å². The van der Waals surface area contributed by atoms with Crippen LogP contribution in [0.1, 0.15) is 46.6 Å². The van der Waals surface area contributed by atoms with Gasteiger partial charge in [0.2, 0.25) is 0 Å². The van der Waals surface area contributed by atoms with Gasteiger partial charge in [-0.15, -0.1) is 22.7 Å². The Labute approximate surface area is 175 Å². The SMILES string of the molecule is Cc1sc(CN)c(C)c1C1=C(c2c(C)sc(C(=O)O)c2C)C(F)(F)C(F)(F)C1(F)F. The Morgan fingerprint density at radius 3 is 1.67 bits per heavy atom. The molecular formula is C19H17F6NO2S2. The van der Waals surface area contributed by atoms with E-state index in [-0.39, 0.29) is 37.9 Å². The summed E-state index contributed by atoms with van der Waals surface area (Å²) in [6, 6.07) is 0. The zero-order chi connectivity index (χ0) is 23.0. The molecule has 0 bridgehead atoms. The van der Waals surface area contributed by atoms with E-state index in [4.69, 9.17) is 5.73 Å². The van der Waals surface area contributed by atoms with E-state index in [1.807, 2.05) is 0 Å². The van der Waals surface area contributed by atoms with Crippen LogP contribution in [0.4, 0.5) is 26.3 Å². The topological polar surface area (TPSA) is 63.3 Å². The molecule has 2 aromatic rings. The van der Waals surface area contributed by atoms with Crippen molar-refractivity contribution in [1.82, 2.24) is 0 Å². The quantitative estimate of drug-likeness (QED) is 0.538. The minimum absolute atomic E-state index is 0.0600. The van der Waals surface area contributed by atoms with Crippen molar-refractivity contribution in [1.29, 1.82) is 0 Å². The summed E-state index contributed by atoms with van der Waals surface area (Å²) in [6.07, 6.45) is 0. The number of allylic oxidation sites excluding steroid dienone is 2. The van der Waals surface area contributed by atoms with Crippen molar-refractivity contribution < 1.29 is 36.2 Å². The number of rotatable bonds is 4. The molecule has 11 heteroatoms. The van der Waals surface area contributed by atoms with Crippen LogP contribution in [0.15, 0.2) is 0 Å². The lowest BCUT2D eigenvalue weighted by Crippen LogP contribution is -2.49. The maximum atomic E-state index is 15.0. The molecule has 0 radical (unpaired) electrons. The molecule has 0 fully saturated rings. The third-order valence-electron chi connectivity index (χ3n) is 5.29. The van der Waals surface area contributed by atoms with Crippen LogP contribution in [-0.4, -0.2) is 28.8 Å². The first-order chi connectivity index (χ1) is 13.6. The molecule has 3 N–H and O–H groups in total. The zero-order valence-electron chi connectivity index (χ0n) is 16.2. The molecule has 3 rings (SSSR count). The highest BCUT2D eigenvalue weighted by molar-refractivity contribution is 7.14. The molecule has 0 saturated carbocycles. The van der Waals surface area contributed by atoms with Gasteiger partial charge in [0.05, 0.1) is 0 Å². The van der Waals surface area contributed by atoms with Crippen molar-refractivity contribution in [2.75, 3.05) is 0 Å². The normalized spacial score (nSPS) is 19.6. The Bertz CT molecular complexity index is 1100. The molecule has 0 aromatic carbocycles. The minimum atomic E-state index is -5.70. The maximum Gasteiger partial charge on any atom is 0.380 e. The number of hydrogen-bond donors (Lipinski definition) is 2. The molecule has 30 heavy (non-hydrogen) atoms. The minimum Gasteiger partial charge on any atom is -0.477 e. The smallest absolute Gasteiger partial charge is 0.380 e. The summed E-state index contributed by atoms with van der Waals surface area (Å²) in [6.45, 7) is 5.06. The van der Waals surface area contributed by atoms with Gasteiger partial charge in [-0.25, -0.2) is 4.79 Å². The van der Waals surface area contributed by atoms with E-state index < -0.39 is 40.4 Å². The van der Waals surface area contributed by atoms with E-state index in [1.165, 1.54) is 20.8 Å². The van der Waals surface area contributed by atoms with Crippen LogP contribution in [0.3, 0.4) is 0 Å². The Hall–Kier alpha value is -1.85. The van der Waals surface area contributed by atoms with Gasteiger partial charge in [-0.2, -0.15) is 26.3 Å². The number of carbonyl (C=O) groups is 1. The number of nitrogens with two attached hydrogens (primary N) is 1. The van der Waals surface area contributed by atoms with Gasteiger partial charge in [-0.05, 0) is 38.8 Å². The first-order valence-electron chi connectivity index (χ1n) is 8.64. The average Bonchev–Trinajstić information content (AvgIpc) is 3.10. The summed E-state index contributed by atoms with van der Waals surface area (Å²) in [7, 11) is 0. The van der Waals surface area contributed by atoms with Gasteiger partial charge in [0.1, 0.15) is 4.88 Å². The Morgan fingerprint density at radius 2 is 1.30 bits per heavy atom. The summed E-state index contributed by atoms with van der Waals surface area (Å²) in [4.78, 5) is 11.5. The van der Waals surface area contributed by atoms with Gasteiger partial charge in [0, 0.05) is 43.4 Å². The molecule has 2 heterocycles. The zero-order valence-corrected chi connectivity index (χ0v) is 17.9. The monoisotopic (exact) mass is 469 g/mol. The van der Waals surface area contributed by atoms with Crippen molar-refractivity contribution in [2.45, 2.75) is 52.0 Å². The number of thiophene rings is 2. The van der Waals surface area contributed by atoms with Gasteiger partial charge in [-0.3, -0.25) is 0 Å². The summed E-state index contributed by atoms with van der Waals surface area (Å²) in [5.74, 6) is -17.6. The van der Waals surface area contributed by atoms with Crippen LogP contribution in [0.5, 0.6) is 0 Å². The van der Waals surface area contributed by atoms with Crippen molar-refractivity contribution in [3.8, 4) is 0 Å². The second-order valence-corrected chi connectivity index (χ2v) is 9.59. The van der Waals surface area contributed by atoms with Gasteiger partial charge in [-0.1, -0.05) is 0 Å². The summed E-state index contributed by atoms with van der Waals surface area (Å²) >= 11 is 1.55. The largest absolute Gasteiger partial charge is 0.477 e. The Morgan fingerprint density at radius 1 is 0.867 bits per heavy atom. The van der Waals surface area contributed by atoms with Crippen LogP contribution in [-0.2, 0) is 6.54 Å². The molecule has 164 valence electrons. The first kappa shape index (κ1) is 22.8. The van der Waals surface area contributed by atoms with E-state index >= 15 is 0 Å². The highest BCUT2D eigenvalue weighted by Crippen LogP contribution is 2.66. The summed E-state index contributed by atoms with van der Waals surface area (Å²) in [5.41, 5.74) is 1.50. The summed E-state index contributed by atoms with van der Waals surface area (Å²) in [5, 5.41) is 9.29. The number of alkyl halides is 6. The Balaban J connectivity index is 2.54. The van der Waals surface area contributed by atoms with Gasteiger partial charge >= 0.3 is 23.7 Å². The van der Waals surface area contributed by atoms with Crippen LogP contribution >= 0.6 is 22.7 Å². The third-order valence-corrected chi connectivity index (χ3v) is 7.72. The second kappa shape index (κ2) is 6.83. The molecular weight excluding hydrogens is 452 g/mol. The Kier molecular flexibility index (Phi) is 5.19. The van der Waals surface area contributed by atoms with E-state index in [0.717, 1.165) is 18.3 Å². The van der Waals surface area contributed by atoms with Crippen LogP contribution < -0.4 is 5.73 Å². The highest BCUT2D eigenvalue weighted by Gasteiger charge is 2.80. The highest BCUT2D eigenvalue weighted by atomic mass is 32.1. The molecule has 0 amide bonds. The second-order valence-electron chi connectivity index (χ2n) is 7.05. The van der Waals surface area contributed by atoms with E-state index in [1.54, 1.807) is 0 Å². The molecule has 0 spiro atoms. The molecule has 0 unspecified atom stereocenters. The maximum absolute atomic E-state index is 15.0.